The minimum Gasteiger partial charge on any atom is -0.369 e. The minimum atomic E-state index is -0.699. The van der Waals surface area contributed by atoms with Crippen LogP contribution >= 0.6 is 0 Å². The summed E-state index contributed by atoms with van der Waals surface area (Å²) in [5, 5.41) is 0. The molecule has 0 saturated carbocycles. The monoisotopic (exact) mass is 273 g/mol. The molecule has 2 aromatic carbocycles. The molecule has 0 aliphatic carbocycles. The number of rotatable bonds is 2. The van der Waals surface area contributed by atoms with Crippen LogP contribution in [0, 0.1) is 18.6 Å². The molecule has 0 bridgehead atoms. The van der Waals surface area contributed by atoms with Gasteiger partial charge in [0.15, 0.2) is 5.82 Å². The first kappa shape index (κ1) is 12.6. The Morgan fingerprint density at radius 3 is 2.75 bits per heavy atom. The topological polar surface area (TPSA) is 43.8 Å². The van der Waals surface area contributed by atoms with Crippen molar-refractivity contribution in [1.29, 1.82) is 0 Å². The fraction of sp³-hybridized carbons (Fsp3) is 0.133. The lowest BCUT2D eigenvalue weighted by molar-refractivity contribution is 0.590. The van der Waals surface area contributed by atoms with Crippen molar-refractivity contribution < 1.29 is 8.78 Å². The van der Waals surface area contributed by atoms with Crippen LogP contribution in [0.4, 0.5) is 14.7 Å². The molecule has 0 unspecified atom stereocenters. The number of aryl methyl sites for hydroxylation is 1. The van der Waals surface area contributed by atoms with Crippen molar-refractivity contribution in [2.75, 3.05) is 5.73 Å². The maximum absolute atomic E-state index is 13.7. The number of fused-ring (bicyclic) bond motifs is 1. The number of benzene rings is 2. The highest BCUT2D eigenvalue weighted by molar-refractivity contribution is 5.79. The molecule has 1 aromatic heterocycles. The van der Waals surface area contributed by atoms with Crippen molar-refractivity contribution in [1.82, 2.24) is 9.55 Å². The fourth-order valence-corrected chi connectivity index (χ4v) is 2.33. The van der Waals surface area contributed by atoms with Gasteiger partial charge in [-0.05, 0) is 12.5 Å². The summed E-state index contributed by atoms with van der Waals surface area (Å²) in [6.45, 7) is 2.41. The van der Waals surface area contributed by atoms with Gasteiger partial charge in [-0.2, -0.15) is 0 Å². The first-order chi connectivity index (χ1) is 9.54. The lowest BCUT2D eigenvalue weighted by atomic mass is 10.1. The summed E-state index contributed by atoms with van der Waals surface area (Å²) in [7, 11) is 0. The third-order valence-electron chi connectivity index (χ3n) is 3.22. The number of anilines is 1. The van der Waals surface area contributed by atoms with Crippen molar-refractivity contribution in [2.45, 2.75) is 13.5 Å². The third-order valence-corrected chi connectivity index (χ3v) is 3.22. The molecule has 1 heterocycles. The molecule has 0 fully saturated rings. The molecule has 3 aromatic rings. The van der Waals surface area contributed by atoms with Gasteiger partial charge >= 0.3 is 0 Å². The predicted octanol–water partition coefficient (Wildman–Crippen LogP) is 3.25. The molecular formula is C15H13F2N3. The van der Waals surface area contributed by atoms with Crippen LogP contribution in [-0.2, 0) is 6.54 Å². The second kappa shape index (κ2) is 4.59. The zero-order valence-electron chi connectivity index (χ0n) is 10.9. The molecule has 0 aliphatic heterocycles. The molecule has 0 radical (unpaired) electrons. The number of hydrogen-bond acceptors (Lipinski definition) is 2. The van der Waals surface area contributed by atoms with Gasteiger partial charge in [-0.3, -0.25) is 0 Å². The van der Waals surface area contributed by atoms with Gasteiger partial charge in [0.25, 0.3) is 0 Å². The first-order valence-electron chi connectivity index (χ1n) is 6.21. The second-order valence-corrected chi connectivity index (χ2v) is 4.80. The highest BCUT2D eigenvalue weighted by Gasteiger charge is 2.14. The zero-order chi connectivity index (χ0) is 14.3. The lowest BCUT2D eigenvalue weighted by Crippen LogP contribution is -2.04. The third kappa shape index (κ3) is 2.11. The van der Waals surface area contributed by atoms with Gasteiger partial charge in [-0.15, -0.1) is 0 Å². The van der Waals surface area contributed by atoms with Gasteiger partial charge < -0.3 is 10.3 Å². The first-order valence-corrected chi connectivity index (χ1v) is 6.21. The number of imidazole rings is 1. The Balaban J connectivity index is 2.14. The summed E-state index contributed by atoms with van der Waals surface area (Å²) in [4.78, 5) is 3.97. The van der Waals surface area contributed by atoms with Crippen LogP contribution in [0.1, 0.15) is 11.1 Å². The number of hydrogen-bond donors (Lipinski definition) is 1. The molecule has 0 spiro atoms. The zero-order valence-corrected chi connectivity index (χ0v) is 10.9. The number of halogens is 2. The van der Waals surface area contributed by atoms with E-state index >= 15 is 0 Å². The van der Waals surface area contributed by atoms with Crippen LogP contribution in [0.2, 0.25) is 0 Å². The number of aromatic nitrogens is 2. The van der Waals surface area contributed by atoms with Gasteiger partial charge in [0.1, 0.15) is 11.3 Å². The van der Waals surface area contributed by atoms with E-state index in [2.05, 4.69) is 4.98 Å². The van der Waals surface area contributed by atoms with E-state index in [0.717, 1.165) is 17.2 Å². The van der Waals surface area contributed by atoms with Crippen molar-refractivity contribution in [2.24, 2.45) is 0 Å². The van der Waals surface area contributed by atoms with Crippen molar-refractivity contribution >= 4 is 17.0 Å². The molecule has 0 amide bonds. The van der Waals surface area contributed by atoms with E-state index in [0.29, 0.717) is 12.1 Å². The number of nitrogen functional groups attached to an aromatic ring is 1. The normalized spacial score (nSPS) is 11.2. The van der Waals surface area contributed by atoms with Crippen molar-refractivity contribution in [3.8, 4) is 0 Å². The van der Waals surface area contributed by atoms with Crippen LogP contribution in [0.5, 0.6) is 0 Å². The Bertz CT molecular complexity index is 793. The molecule has 5 heteroatoms. The van der Waals surface area contributed by atoms with Gasteiger partial charge in [0.2, 0.25) is 5.95 Å². The average Bonchev–Trinajstić information content (AvgIpc) is 2.68. The maximum Gasteiger partial charge on any atom is 0.201 e. The Morgan fingerprint density at radius 2 is 2.00 bits per heavy atom. The van der Waals surface area contributed by atoms with Crippen LogP contribution in [0.15, 0.2) is 36.4 Å². The van der Waals surface area contributed by atoms with E-state index in [1.54, 1.807) is 4.57 Å². The molecule has 2 N–H and O–H groups in total. The molecule has 0 saturated heterocycles. The van der Waals surface area contributed by atoms with E-state index in [1.165, 1.54) is 6.07 Å². The Morgan fingerprint density at radius 1 is 1.20 bits per heavy atom. The molecule has 3 nitrogen and oxygen atoms in total. The maximum atomic E-state index is 13.7. The van der Waals surface area contributed by atoms with E-state index in [1.807, 2.05) is 31.2 Å². The number of nitrogens with two attached hydrogens (primary N) is 1. The van der Waals surface area contributed by atoms with Crippen LogP contribution in [0.3, 0.4) is 0 Å². The van der Waals surface area contributed by atoms with Crippen LogP contribution < -0.4 is 5.73 Å². The summed E-state index contributed by atoms with van der Waals surface area (Å²) < 4.78 is 28.6. The lowest BCUT2D eigenvalue weighted by Gasteiger charge is -2.07. The van der Waals surface area contributed by atoms with E-state index in [-0.39, 0.29) is 11.5 Å². The summed E-state index contributed by atoms with van der Waals surface area (Å²) in [5.74, 6) is -1.17. The van der Waals surface area contributed by atoms with Crippen molar-refractivity contribution in [3.05, 3.63) is 59.2 Å². The van der Waals surface area contributed by atoms with Crippen LogP contribution in [0.25, 0.3) is 11.0 Å². The number of nitrogens with zero attached hydrogens (tertiary/aromatic N) is 2. The second-order valence-electron chi connectivity index (χ2n) is 4.80. The molecule has 0 aliphatic rings. The van der Waals surface area contributed by atoms with Gasteiger partial charge in [0.05, 0.1) is 12.1 Å². The van der Waals surface area contributed by atoms with Gasteiger partial charge in [0, 0.05) is 12.1 Å². The smallest absolute Gasteiger partial charge is 0.201 e. The summed E-state index contributed by atoms with van der Waals surface area (Å²) in [5.41, 5.74) is 8.39. The summed E-state index contributed by atoms with van der Waals surface area (Å²) >= 11 is 0. The van der Waals surface area contributed by atoms with Crippen LogP contribution in [-0.4, -0.2) is 9.55 Å². The highest BCUT2D eigenvalue weighted by Crippen LogP contribution is 2.23. The van der Waals surface area contributed by atoms with Crippen molar-refractivity contribution in [3.63, 3.8) is 0 Å². The van der Waals surface area contributed by atoms with E-state index in [4.69, 9.17) is 5.73 Å². The van der Waals surface area contributed by atoms with E-state index < -0.39 is 11.6 Å². The predicted molar refractivity (Wildman–Crippen MR) is 74.3 cm³/mol. The van der Waals surface area contributed by atoms with Gasteiger partial charge in [-0.25, -0.2) is 13.8 Å². The average molecular weight is 273 g/mol. The van der Waals surface area contributed by atoms with E-state index in [9.17, 15) is 8.78 Å². The standard InChI is InChI=1S/C15H13F2N3/c1-9-3-2-4-10(5-9)8-20-13-7-11(16)6-12(17)14(13)19-15(20)18/h2-7H,8H2,1H3,(H2,18,19). The summed E-state index contributed by atoms with van der Waals surface area (Å²) in [6, 6.07) is 9.91. The Hall–Kier alpha value is -2.43. The molecular weight excluding hydrogens is 260 g/mol. The molecule has 20 heavy (non-hydrogen) atoms. The molecule has 102 valence electrons. The highest BCUT2D eigenvalue weighted by atomic mass is 19.1. The quantitative estimate of drug-likeness (QED) is 0.779. The Labute approximate surface area is 114 Å². The molecule has 0 atom stereocenters. The fourth-order valence-electron chi connectivity index (χ4n) is 2.33. The SMILES string of the molecule is Cc1cccc(Cn2c(N)nc3c(F)cc(F)cc32)c1. The van der Waals surface area contributed by atoms with Gasteiger partial charge in [-0.1, -0.05) is 29.8 Å². The summed E-state index contributed by atoms with van der Waals surface area (Å²) in [6.07, 6.45) is 0. The minimum absolute atomic E-state index is 0.0940. The molecule has 3 rings (SSSR count). The largest absolute Gasteiger partial charge is 0.369 e. The Kier molecular flexibility index (Phi) is 2.89.